The molecule has 0 aromatic carbocycles. The number of methoxy groups -OCH3 is 1. The van der Waals surface area contributed by atoms with Crippen LogP contribution in [0.2, 0.25) is 0 Å². The van der Waals surface area contributed by atoms with E-state index in [0.717, 1.165) is 25.4 Å². The molecule has 0 radical (unpaired) electrons. The van der Waals surface area contributed by atoms with Crippen molar-refractivity contribution in [2.45, 2.75) is 33.1 Å². The highest BCUT2D eigenvalue weighted by atomic mass is 16.5. The summed E-state index contributed by atoms with van der Waals surface area (Å²) in [5.74, 6) is 1.80. The Hall–Kier alpha value is -1.49. The Bertz CT molecular complexity index is 459. The van der Waals surface area contributed by atoms with E-state index >= 15 is 0 Å². The van der Waals surface area contributed by atoms with Crippen LogP contribution < -0.4 is 15.8 Å². The predicted molar refractivity (Wildman–Crippen MR) is 85.6 cm³/mol. The standard InChI is InChI=1S/C16H27N3O2/c1-12(2)10-21-15-13(17)4-5-14(19-15)18-11-16(6-7-16)8-9-20-3/h4-5,12H,6-11,17H2,1-3H3,(H,18,19). The van der Waals surface area contributed by atoms with Crippen molar-refractivity contribution < 1.29 is 9.47 Å². The second-order valence-corrected chi connectivity index (χ2v) is 6.39. The second kappa shape index (κ2) is 6.98. The zero-order valence-corrected chi connectivity index (χ0v) is 13.3. The first-order chi connectivity index (χ1) is 10.0. The molecule has 0 aliphatic heterocycles. The number of hydrogen-bond acceptors (Lipinski definition) is 5. The fourth-order valence-electron chi connectivity index (χ4n) is 2.20. The Morgan fingerprint density at radius 3 is 2.76 bits per heavy atom. The Morgan fingerprint density at radius 2 is 2.14 bits per heavy atom. The van der Waals surface area contributed by atoms with Crippen molar-refractivity contribution in [3.8, 4) is 5.88 Å². The summed E-state index contributed by atoms with van der Waals surface area (Å²) in [6.45, 7) is 6.57. The molecule has 2 rings (SSSR count). The highest BCUT2D eigenvalue weighted by Gasteiger charge is 2.41. The average Bonchev–Trinajstić information content (AvgIpc) is 3.23. The van der Waals surface area contributed by atoms with E-state index in [1.165, 1.54) is 12.8 Å². The van der Waals surface area contributed by atoms with E-state index < -0.39 is 0 Å². The molecule has 5 nitrogen and oxygen atoms in total. The molecule has 0 spiro atoms. The maximum absolute atomic E-state index is 5.90. The summed E-state index contributed by atoms with van der Waals surface area (Å²) >= 11 is 0. The minimum absolute atomic E-state index is 0.387. The van der Waals surface area contributed by atoms with Crippen LogP contribution in [0.3, 0.4) is 0 Å². The van der Waals surface area contributed by atoms with Crippen molar-refractivity contribution in [1.29, 1.82) is 0 Å². The van der Waals surface area contributed by atoms with Gasteiger partial charge in [0.15, 0.2) is 0 Å². The van der Waals surface area contributed by atoms with E-state index in [9.17, 15) is 0 Å². The Kier molecular flexibility index (Phi) is 5.28. The number of hydrogen-bond donors (Lipinski definition) is 2. The molecule has 0 bridgehead atoms. The van der Waals surface area contributed by atoms with Crippen LogP contribution in [0.15, 0.2) is 12.1 Å². The fourth-order valence-corrected chi connectivity index (χ4v) is 2.20. The Balaban J connectivity index is 1.90. The van der Waals surface area contributed by atoms with Gasteiger partial charge in [-0.2, -0.15) is 4.98 Å². The van der Waals surface area contributed by atoms with Crippen LogP contribution in [0.4, 0.5) is 11.5 Å². The molecule has 1 aromatic heterocycles. The summed E-state index contributed by atoms with van der Waals surface area (Å²) in [7, 11) is 1.75. The summed E-state index contributed by atoms with van der Waals surface area (Å²) in [5, 5.41) is 3.41. The van der Waals surface area contributed by atoms with E-state index in [4.69, 9.17) is 15.2 Å². The van der Waals surface area contributed by atoms with Gasteiger partial charge in [0.25, 0.3) is 0 Å². The van der Waals surface area contributed by atoms with Crippen LogP contribution in [0.5, 0.6) is 5.88 Å². The van der Waals surface area contributed by atoms with Crippen LogP contribution >= 0.6 is 0 Å². The number of nitrogens with two attached hydrogens (primary N) is 1. The lowest BCUT2D eigenvalue weighted by Crippen LogP contribution is -2.18. The molecule has 1 aliphatic carbocycles. The number of ether oxygens (including phenoxy) is 2. The van der Waals surface area contributed by atoms with Gasteiger partial charge in [-0.3, -0.25) is 0 Å². The van der Waals surface area contributed by atoms with Crippen molar-refractivity contribution in [1.82, 2.24) is 4.98 Å². The number of aromatic nitrogens is 1. The molecule has 21 heavy (non-hydrogen) atoms. The van der Waals surface area contributed by atoms with Gasteiger partial charge in [-0.05, 0) is 42.7 Å². The molecule has 0 saturated heterocycles. The molecule has 0 unspecified atom stereocenters. The summed E-state index contributed by atoms with van der Waals surface area (Å²) < 4.78 is 10.8. The van der Waals surface area contributed by atoms with E-state index in [1.54, 1.807) is 7.11 Å². The van der Waals surface area contributed by atoms with Gasteiger partial charge in [-0.1, -0.05) is 13.8 Å². The van der Waals surface area contributed by atoms with Crippen LogP contribution in [0.25, 0.3) is 0 Å². The summed E-state index contributed by atoms with van der Waals surface area (Å²) in [5.41, 5.74) is 6.88. The van der Waals surface area contributed by atoms with E-state index in [2.05, 4.69) is 24.1 Å². The molecule has 5 heteroatoms. The monoisotopic (exact) mass is 293 g/mol. The lowest BCUT2D eigenvalue weighted by atomic mass is 10.0. The zero-order chi connectivity index (χ0) is 15.3. The minimum Gasteiger partial charge on any atom is -0.476 e. The Labute approximate surface area is 127 Å². The third kappa shape index (κ3) is 4.77. The smallest absolute Gasteiger partial charge is 0.239 e. The number of anilines is 2. The first kappa shape index (κ1) is 15.9. The van der Waals surface area contributed by atoms with Gasteiger partial charge >= 0.3 is 0 Å². The van der Waals surface area contributed by atoms with Crippen molar-refractivity contribution in [3.63, 3.8) is 0 Å². The highest BCUT2D eigenvalue weighted by Crippen LogP contribution is 2.48. The van der Waals surface area contributed by atoms with Crippen molar-refractivity contribution >= 4 is 11.5 Å². The van der Waals surface area contributed by atoms with Crippen LogP contribution in [-0.2, 0) is 4.74 Å². The van der Waals surface area contributed by atoms with Crippen LogP contribution in [0, 0.1) is 11.3 Å². The number of nitrogens with zero attached hydrogens (tertiary/aromatic N) is 1. The fraction of sp³-hybridized carbons (Fsp3) is 0.688. The molecule has 1 aromatic rings. The van der Waals surface area contributed by atoms with Crippen LogP contribution in [-0.4, -0.2) is 31.9 Å². The first-order valence-corrected chi connectivity index (χ1v) is 7.67. The van der Waals surface area contributed by atoms with Crippen molar-refractivity contribution in [2.75, 3.05) is 37.9 Å². The topological polar surface area (TPSA) is 69.4 Å². The molecule has 3 N–H and O–H groups in total. The predicted octanol–water partition coefficient (Wildman–Crippen LogP) is 2.93. The molecule has 1 heterocycles. The quantitative estimate of drug-likeness (QED) is 0.732. The normalized spacial score (nSPS) is 16.0. The largest absolute Gasteiger partial charge is 0.476 e. The molecule has 0 atom stereocenters. The Morgan fingerprint density at radius 1 is 1.38 bits per heavy atom. The van der Waals surface area contributed by atoms with E-state index in [1.807, 2.05) is 12.1 Å². The van der Waals surface area contributed by atoms with Gasteiger partial charge in [-0.15, -0.1) is 0 Å². The maximum Gasteiger partial charge on any atom is 0.239 e. The number of nitrogens with one attached hydrogen (secondary N) is 1. The molecule has 1 fully saturated rings. The van der Waals surface area contributed by atoms with Gasteiger partial charge in [0.05, 0.1) is 12.3 Å². The van der Waals surface area contributed by atoms with Crippen LogP contribution in [0.1, 0.15) is 33.1 Å². The lowest BCUT2D eigenvalue weighted by Gasteiger charge is -2.17. The second-order valence-electron chi connectivity index (χ2n) is 6.39. The average molecular weight is 293 g/mol. The lowest BCUT2D eigenvalue weighted by molar-refractivity contribution is 0.175. The van der Waals surface area contributed by atoms with Gasteiger partial charge in [0.1, 0.15) is 5.82 Å². The van der Waals surface area contributed by atoms with Crippen molar-refractivity contribution in [2.24, 2.45) is 11.3 Å². The maximum atomic E-state index is 5.90. The summed E-state index contributed by atoms with van der Waals surface area (Å²) in [6.07, 6.45) is 3.62. The van der Waals surface area contributed by atoms with Gasteiger partial charge < -0.3 is 20.5 Å². The number of nitrogen functional groups attached to an aromatic ring is 1. The number of rotatable bonds is 9. The third-order valence-electron chi connectivity index (χ3n) is 3.88. The van der Waals surface area contributed by atoms with Gasteiger partial charge in [0.2, 0.25) is 5.88 Å². The van der Waals surface area contributed by atoms with E-state index in [-0.39, 0.29) is 0 Å². The minimum atomic E-state index is 0.387. The number of pyridine rings is 1. The highest BCUT2D eigenvalue weighted by molar-refractivity contribution is 5.53. The molecule has 1 saturated carbocycles. The molecular formula is C16H27N3O2. The SMILES string of the molecule is COCCC1(CNc2ccc(N)c(OCC(C)C)n2)CC1. The molecular weight excluding hydrogens is 266 g/mol. The molecule has 0 amide bonds. The van der Waals surface area contributed by atoms with Crippen molar-refractivity contribution in [3.05, 3.63) is 12.1 Å². The zero-order valence-electron chi connectivity index (χ0n) is 13.3. The molecule has 1 aliphatic rings. The van der Waals surface area contributed by atoms with Gasteiger partial charge in [-0.25, -0.2) is 0 Å². The van der Waals surface area contributed by atoms with Gasteiger partial charge in [0, 0.05) is 20.3 Å². The third-order valence-corrected chi connectivity index (χ3v) is 3.88. The first-order valence-electron chi connectivity index (χ1n) is 7.67. The molecule has 118 valence electrons. The summed E-state index contributed by atoms with van der Waals surface area (Å²) in [6, 6.07) is 3.75. The van der Waals surface area contributed by atoms with E-state index in [0.29, 0.717) is 29.5 Å². The summed E-state index contributed by atoms with van der Waals surface area (Å²) in [4.78, 5) is 4.47.